The Labute approximate surface area is 107 Å². The summed E-state index contributed by atoms with van der Waals surface area (Å²) < 4.78 is 36.1. The van der Waals surface area contributed by atoms with Crippen molar-refractivity contribution >= 4 is 0 Å². The molecule has 0 bridgehead atoms. The van der Waals surface area contributed by atoms with Crippen molar-refractivity contribution < 1.29 is 13.2 Å². The molecule has 2 unspecified atom stereocenters. The molecule has 1 rings (SSSR count). The van der Waals surface area contributed by atoms with Crippen LogP contribution in [0.5, 0.6) is 0 Å². The fourth-order valence-corrected chi connectivity index (χ4v) is 2.36. The standard InChI is InChI=1S/C12H24F3N3/c1-4-11-8-18(6-5-17(11)3)10(2)7-16-9-12(13,14)15/h10-11,16H,4-9H2,1-3H3. The van der Waals surface area contributed by atoms with Gasteiger partial charge in [0.15, 0.2) is 0 Å². The van der Waals surface area contributed by atoms with Gasteiger partial charge in [0.2, 0.25) is 0 Å². The van der Waals surface area contributed by atoms with Crippen LogP contribution < -0.4 is 5.32 Å². The minimum Gasteiger partial charge on any atom is -0.307 e. The van der Waals surface area contributed by atoms with Crippen molar-refractivity contribution in [2.45, 2.75) is 38.5 Å². The highest BCUT2D eigenvalue weighted by atomic mass is 19.4. The molecule has 0 aliphatic carbocycles. The number of halogens is 3. The lowest BCUT2D eigenvalue weighted by molar-refractivity contribution is -0.125. The average molecular weight is 267 g/mol. The first-order valence-electron chi connectivity index (χ1n) is 6.55. The number of nitrogens with one attached hydrogen (secondary N) is 1. The summed E-state index contributed by atoms with van der Waals surface area (Å²) in [5.74, 6) is 0. The van der Waals surface area contributed by atoms with Crippen LogP contribution in [-0.4, -0.2) is 67.8 Å². The van der Waals surface area contributed by atoms with E-state index in [-0.39, 0.29) is 6.04 Å². The summed E-state index contributed by atoms with van der Waals surface area (Å²) in [7, 11) is 2.11. The SMILES string of the molecule is CCC1CN(C(C)CNCC(F)(F)F)CCN1C. The third-order valence-electron chi connectivity index (χ3n) is 3.67. The second-order valence-corrected chi connectivity index (χ2v) is 5.13. The first-order valence-corrected chi connectivity index (χ1v) is 6.55. The summed E-state index contributed by atoms with van der Waals surface area (Å²) in [5, 5.41) is 2.49. The molecular formula is C12H24F3N3. The zero-order valence-corrected chi connectivity index (χ0v) is 11.4. The largest absolute Gasteiger partial charge is 0.401 e. The van der Waals surface area contributed by atoms with E-state index in [1.807, 2.05) is 6.92 Å². The lowest BCUT2D eigenvalue weighted by Crippen LogP contribution is -2.55. The van der Waals surface area contributed by atoms with E-state index >= 15 is 0 Å². The molecule has 0 aromatic heterocycles. The Morgan fingerprint density at radius 2 is 2.00 bits per heavy atom. The molecule has 0 aromatic carbocycles. The van der Waals surface area contributed by atoms with Gasteiger partial charge in [-0.15, -0.1) is 0 Å². The fourth-order valence-electron chi connectivity index (χ4n) is 2.36. The Bertz CT molecular complexity index is 245. The van der Waals surface area contributed by atoms with Gasteiger partial charge in [-0.25, -0.2) is 0 Å². The topological polar surface area (TPSA) is 18.5 Å². The molecule has 1 aliphatic rings. The number of hydrogen-bond donors (Lipinski definition) is 1. The highest BCUT2D eigenvalue weighted by molar-refractivity contribution is 4.82. The van der Waals surface area contributed by atoms with Crippen LogP contribution in [0.3, 0.4) is 0 Å². The van der Waals surface area contributed by atoms with Crippen LogP contribution in [0.1, 0.15) is 20.3 Å². The Kier molecular flexibility index (Phi) is 5.88. The van der Waals surface area contributed by atoms with Crippen LogP contribution >= 0.6 is 0 Å². The molecular weight excluding hydrogens is 243 g/mol. The molecule has 1 fully saturated rings. The summed E-state index contributed by atoms with van der Waals surface area (Å²) in [6.07, 6.45) is -3.04. The molecule has 1 aliphatic heterocycles. The van der Waals surface area contributed by atoms with Crippen molar-refractivity contribution in [1.29, 1.82) is 0 Å². The molecule has 0 saturated carbocycles. The van der Waals surface area contributed by atoms with Crippen molar-refractivity contribution in [3.05, 3.63) is 0 Å². The van der Waals surface area contributed by atoms with E-state index in [0.29, 0.717) is 12.6 Å². The van der Waals surface area contributed by atoms with Crippen LogP contribution in [0.15, 0.2) is 0 Å². The van der Waals surface area contributed by atoms with Gasteiger partial charge in [-0.2, -0.15) is 13.2 Å². The molecule has 1 heterocycles. The van der Waals surface area contributed by atoms with E-state index in [9.17, 15) is 13.2 Å². The van der Waals surface area contributed by atoms with Gasteiger partial charge in [-0.05, 0) is 20.4 Å². The van der Waals surface area contributed by atoms with E-state index in [1.165, 1.54) is 0 Å². The summed E-state index contributed by atoms with van der Waals surface area (Å²) in [5.41, 5.74) is 0. The van der Waals surface area contributed by atoms with Gasteiger partial charge in [0.25, 0.3) is 0 Å². The molecule has 3 nitrogen and oxygen atoms in total. The number of nitrogens with zero attached hydrogens (tertiary/aromatic N) is 2. The van der Waals surface area contributed by atoms with E-state index in [1.54, 1.807) is 0 Å². The Hall–Kier alpha value is -0.330. The normalized spacial score (nSPS) is 25.3. The van der Waals surface area contributed by atoms with Crippen molar-refractivity contribution in [2.24, 2.45) is 0 Å². The molecule has 2 atom stereocenters. The Morgan fingerprint density at radius 3 is 2.56 bits per heavy atom. The third kappa shape index (κ3) is 5.12. The maximum absolute atomic E-state index is 12.0. The van der Waals surface area contributed by atoms with Gasteiger partial charge >= 0.3 is 6.18 Å². The monoisotopic (exact) mass is 267 g/mol. The predicted octanol–water partition coefficient (Wildman–Crippen LogP) is 1.55. The smallest absolute Gasteiger partial charge is 0.307 e. The molecule has 1 saturated heterocycles. The van der Waals surface area contributed by atoms with Crippen LogP contribution in [-0.2, 0) is 0 Å². The van der Waals surface area contributed by atoms with Crippen molar-refractivity contribution in [3.63, 3.8) is 0 Å². The molecule has 1 N–H and O–H groups in total. The van der Waals surface area contributed by atoms with Gasteiger partial charge in [-0.3, -0.25) is 4.90 Å². The molecule has 0 radical (unpaired) electrons. The average Bonchev–Trinajstić information content (AvgIpc) is 2.27. The summed E-state index contributed by atoms with van der Waals surface area (Å²) in [6, 6.07) is 0.666. The van der Waals surface area contributed by atoms with Gasteiger partial charge in [0.1, 0.15) is 0 Å². The van der Waals surface area contributed by atoms with Crippen LogP contribution in [0, 0.1) is 0 Å². The van der Waals surface area contributed by atoms with Gasteiger partial charge in [0, 0.05) is 38.3 Å². The zero-order valence-electron chi connectivity index (χ0n) is 11.4. The highest BCUT2D eigenvalue weighted by Crippen LogP contribution is 2.14. The number of hydrogen-bond acceptors (Lipinski definition) is 3. The van der Waals surface area contributed by atoms with Crippen molar-refractivity contribution in [1.82, 2.24) is 15.1 Å². The van der Waals surface area contributed by atoms with Crippen molar-refractivity contribution in [3.8, 4) is 0 Å². The van der Waals surface area contributed by atoms with Gasteiger partial charge in [0.05, 0.1) is 6.54 Å². The molecule has 108 valence electrons. The minimum absolute atomic E-state index is 0.148. The highest BCUT2D eigenvalue weighted by Gasteiger charge is 2.28. The molecule has 18 heavy (non-hydrogen) atoms. The number of alkyl halides is 3. The lowest BCUT2D eigenvalue weighted by Gasteiger charge is -2.42. The first kappa shape index (κ1) is 15.7. The molecule has 0 spiro atoms. The van der Waals surface area contributed by atoms with Gasteiger partial charge in [-0.1, -0.05) is 6.92 Å². The van der Waals surface area contributed by atoms with Crippen molar-refractivity contribution in [2.75, 3.05) is 39.8 Å². The van der Waals surface area contributed by atoms with Gasteiger partial charge < -0.3 is 10.2 Å². The number of likely N-dealkylation sites (N-methyl/N-ethyl adjacent to an activating group) is 1. The Morgan fingerprint density at radius 1 is 1.33 bits per heavy atom. The Balaban J connectivity index is 2.31. The summed E-state index contributed by atoms with van der Waals surface area (Å²) >= 11 is 0. The minimum atomic E-state index is -4.12. The maximum Gasteiger partial charge on any atom is 0.401 e. The van der Waals surface area contributed by atoms with Crippen LogP contribution in [0.2, 0.25) is 0 Å². The second kappa shape index (κ2) is 6.73. The number of rotatable bonds is 5. The van der Waals surface area contributed by atoms with Crippen LogP contribution in [0.4, 0.5) is 13.2 Å². The fraction of sp³-hybridized carbons (Fsp3) is 1.00. The third-order valence-corrected chi connectivity index (χ3v) is 3.67. The van der Waals surface area contributed by atoms with E-state index in [2.05, 4.69) is 29.1 Å². The second-order valence-electron chi connectivity index (χ2n) is 5.13. The summed E-state index contributed by atoms with van der Waals surface area (Å²) in [4.78, 5) is 4.60. The quantitative estimate of drug-likeness (QED) is 0.815. The van der Waals surface area contributed by atoms with E-state index in [4.69, 9.17) is 0 Å². The van der Waals surface area contributed by atoms with E-state index < -0.39 is 12.7 Å². The molecule has 6 heteroatoms. The van der Waals surface area contributed by atoms with E-state index in [0.717, 1.165) is 26.1 Å². The predicted molar refractivity (Wildman–Crippen MR) is 66.7 cm³/mol. The summed E-state index contributed by atoms with van der Waals surface area (Å²) in [6.45, 7) is 6.49. The molecule has 0 amide bonds. The zero-order chi connectivity index (χ0) is 13.8. The van der Waals surface area contributed by atoms with Crippen LogP contribution in [0.25, 0.3) is 0 Å². The lowest BCUT2D eigenvalue weighted by atomic mass is 10.1. The molecule has 0 aromatic rings. The number of piperazine rings is 1. The first-order chi connectivity index (χ1) is 8.33. The maximum atomic E-state index is 12.0.